The topological polar surface area (TPSA) is 33.2 Å². The van der Waals surface area contributed by atoms with E-state index in [0.717, 1.165) is 13.0 Å². The van der Waals surface area contributed by atoms with E-state index in [1.165, 1.54) is 10.4 Å². The van der Waals surface area contributed by atoms with E-state index in [2.05, 4.69) is 16.4 Å². The van der Waals surface area contributed by atoms with Crippen LogP contribution in [0.15, 0.2) is 29.8 Å². The van der Waals surface area contributed by atoms with Crippen LogP contribution in [0.3, 0.4) is 0 Å². The van der Waals surface area contributed by atoms with Gasteiger partial charge in [-0.3, -0.25) is 4.79 Å². The Bertz CT molecular complexity index is 596. The van der Waals surface area contributed by atoms with Crippen molar-refractivity contribution in [2.75, 3.05) is 6.54 Å². The molecule has 0 unspecified atom stereocenters. The summed E-state index contributed by atoms with van der Waals surface area (Å²) in [4.78, 5) is 19.5. The zero-order chi connectivity index (χ0) is 12.5. The molecule has 0 saturated heterocycles. The summed E-state index contributed by atoms with van der Waals surface area (Å²) in [6.07, 6.45) is 2.52. The first-order valence-corrected chi connectivity index (χ1v) is 6.96. The van der Waals surface area contributed by atoms with Gasteiger partial charge in [-0.2, -0.15) is 0 Å². The van der Waals surface area contributed by atoms with Crippen LogP contribution in [0.25, 0.3) is 0 Å². The maximum Gasteiger partial charge on any atom is 0.257 e. The van der Waals surface area contributed by atoms with E-state index in [1.54, 1.807) is 29.7 Å². The molecule has 0 bridgehead atoms. The highest BCUT2D eigenvalue weighted by Crippen LogP contribution is 2.25. The molecule has 0 saturated carbocycles. The van der Waals surface area contributed by atoms with Crippen molar-refractivity contribution in [2.45, 2.75) is 13.0 Å². The average molecular weight is 279 g/mol. The Morgan fingerprint density at radius 3 is 3.17 bits per heavy atom. The number of amides is 1. The van der Waals surface area contributed by atoms with Gasteiger partial charge in [-0.1, -0.05) is 11.6 Å². The van der Waals surface area contributed by atoms with Crippen molar-refractivity contribution < 1.29 is 4.79 Å². The third-order valence-corrected chi connectivity index (χ3v) is 4.41. The van der Waals surface area contributed by atoms with Gasteiger partial charge in [0.15, 0.2) is 0 Å². The van der Waals surface area contributed by atoms with Gasteiger partial charge >= 0.3 is 0 Å². The molecule has 0 fully saturated rings. The number of rotatable bonds is 1. The maximum absolute atomic E-state index is 12.4. The summed E-state index contributed by atoms with van der Waals surface area (Å²) in [5.74, 6) is -0.0371. The highest BCUT2D eigenvalue weighted by atomic mass is 35.5. The molecular weight excluding hydrogens is 268 g/mol. The molecule has 2 aromatic heterocycles. The summed E-state index contributed by atoms with van der Waals surface area (Å²) in [7, 11) is 0. The lowest BCUT2D eigenvalue weighted by atomic mass is 10.1. The molecule has 92 valence electrons. The highest BCUT2D eigenvalue weighted by Gasteiger charge is 2.23. The normalized spacial score (nSPS) is 14.4. The minimum absolute atomic E-state index is 0.0371. The van der Waals surface area contributed by atoms with Crippen molar-refractivity contribution in [1.29, 1.82) is 0 Å². The van der Waals surface area contributed by atoms with Crippen molar-refractivity contribution in [2.24, 2.45) is 0 Å². The molecule has 1 amide bonds. The van der Waals surface area contributed by atoms with Gasteiger partial charge in [-0.05, 0) is 35.6 Å². The molecule has 0 aromatic carbocycles. The summed E-state index contributed by atoms with van der Waals surface area (Å²) in [5.41, 5.74) is 1.73. The van der Waals surface area contributed by atoms with Crippen LogP contribution in [0, 0.1) is 0 Å². The molecule has 0 spiro atoms. The summed E-state index contributed by atoms with van der Waals surface area (Å²) in [6.45, 7) is 1.42. The van der Waals surface area contributed by atoms with Gasteiger partial charge in [-0.15, -0.1) is 11.3 Å². The maximum atomic E-state index is 12.4. The number of hydrogen-bond acceptors (Lipinski definition) is 3. The van der Waals surface area contributed by atoms with Crippen LogP contribution in [0.4, 0.5) is 0 Å². The van der Waals surface area contributed by atoms with E-state index in [4.69, 9.17) is 11.6 Å². The third-order valence-electron chi connectivity index (χ3n) is 3.08. The lowest BCUT2D eigenvalue weighted by Crippen LogP contribution is -2.35. The van der Waals surface area contributed by atoms with Crippen molar-refractivity contribution in [3.05, 3.63) is 50.9 Å². The van der Waals surface area contributed by atoms with Crippen molar-refractivity contribution in [3.8, 4) is 0 Å². The van der Waals surface area contributed by atoms with Crippen LogP contribution in [0.1, 0.15) is 20.8 Å². The van der Waals surface area contributed by atoms with Crippen molar-refractivity contribution in [1.82, 2.24) is 9.88 Å². The van der Waals surface area contributed by atoms with E-state index >= 15 is 0 Å². The summed E-state index contributed by atoms with van der Waals surface area (Å²) < 4.78 is 0. The Morgan fingerprint density at radius 1 is 1.44 bits per heavy atom. The molecular formula is C13H11ClN2OS. The first kappa shape index (κ1) is 11.7. The Labute approximate surface area is 114 Å². The van der Waals surface area contributed by atoms with Crippen LogP contribution in [-0.4, -0.2) is 22.3 Å². The fourth-order valence-corrected chi connectivity index (χ4v) is 3.23. The van der Waals surface area contributed by atoms with E-state index in [-0.39, 0.29) is 11.1 Å². The van der Waals surface area contributed by atoms with E-state index in [1.807, 2.05) is 4.90 Å². The number of carbonyl (C=O) groups excluding carboxylic acids is 1. The minimum Gasteiger partial charge on any atom is -0.334 e. The number of pyridine rings is 1. The first-order chi connectivity index (χ1) is 8.75. The summed E-state index contributed by atoms with van der Waals surface area (Å²) >= 11 is 7.72. The second-order valence-electron chi connectivity index (χ2n) is 4.19. The standard InChI is InChI=1S/C13H11ClN2OS/c14-12-10(2-1-5-15-12)13(17)16-6-3-11-9(8-16)4-7-18-11/h1-2,4-5,7H,3,6,8H2. The van der Waals surface area contributed by atoms with Gasteiger partial charge < -0.3 is 4.90 Å². The molecule has 0 N–H and O–H groups in total. The second-order valence-corrected chi connectivity index (χ2v) is 5.55. The Kier molecular flexibility index (Phi) is 3.06. The summed E-state index contributed by atoms with van der Waals surface area (Å²) in [5, 5.41) is 2.36. The Hall–Kier alpha value is -1.39. The average Bonchev–Trinajstić information content (AvgIpc) is 2.85. The quantitative estimate of drug-likeness (QED) is 0.752. The number of fused-ring (bicyclic) bond motifs is 1. The minimum atomic E-state index is -0.0371. The highest BCUT2D eigenvalue weighted by molar-refractivity contribution is 7.10. The molecule has 0 radical (unpaired) electrons. The van der Waals surface area contributed by atoms with Crippen LogP contribution in [-0.2, 0) is 13.0 Å². The lowest BCUT2D eigenvalue weighted by molar-refractivity contribution is 0.0735. The predicted octanol–water partition coefficient (Wildman–Crippen LogP) is 3.00. The number of carbonyl (C=O) groups is 1. The van der Waals surface area contributed by atoms with Crippen LogP contribution < -0.4 is 0 Å². The second kappa shape index (κ2) is 4.71. The number of halogens is 1. The summed E-state index contributed by atoms with van der Waals surface area (Å²) in [6, 6.07) is 5.55. The molecule has 0 atom stereocenters. The van der Waals surface area contributed by atoms with Crippen molar-refractivity contribution >= 4 is 28.8 Å². The molecule has 1 aliphatic heterocycles. The van der Waals surface area contributed by atoms with Gasteiger partial charge in [0.2, 0.25) is 0 Å². The number of thiophene rings is 1. The number of nitrogens with zero attached hydrogens (tertiary/aromatic N) is 2. The number of aromatic nitrogens is 1. The van der Waals surface area contributed by atoms with Crippen LogP contribution in [0.5, 0.6) is 0 Å². The lowest BCUT2D eigenvalue weighted by Gasteiger charge is -2.27. The largest absolute Gasteiger partial charge is 0.334 e. The monoisotopic (exact) mass is 278 g/mol. The Balaban J connectivity index is 1.85. The van der Waals surface area contributed by atoms with E-state index in [9.17, 15) is 4.79 Å². The molecule has 3 rings (SSSR count). The smallest absolute Gasteiger partial charge is 0.257 e. The van der Waals surface area contributed by atoms with Gasteiger partial charge in [0.1, 0.15) is 5.15 Å². The third kappa shape index (κ3) is 2.02. The van der Waals surface area contributed by atoms with Gasteiger partial charge in [-0.25, -0.2) is 4.98 Å². The molecule has 3 nitrogen and oxygen atoms in total. The fourth-order valence-electron chi connectivity index (χ4n) is 2.14. The molecule has 0 aliphatic carbocycles. The first-order valence-electron chi connectivity index (χ1n) is 5.71. The fraction of sp³-hybridized carbons (Fsp3) is 0.231. The zero-order valence-electron chi connectivity index (χ0n) is 9.60. The zero-order valence-corrected chi connectivity index (χ0v) is 11.2. The molecule has 2 aromatic rings. The molecule has 5 heteroatoms. The molecule has 3 heterocycles. The molecule has 18 heavy (non-hydrogen) atoms. The Morgan fingerprint density at radius 2 is 2.33 bits per heavy atom. The van der Waals surface area contributed by atoms with Gasteiger partial charge in [0, 0.05) is 24.2 Å². The SMILES string of the molecule is O=C(c1cccnc1Cl)N1CCc2sccc2C1. The van der Waals surface area contributed by atoms with Gasteiger partial charge in [0.05, 0.1) is 5.56 Å². The number of hydrogen-bond donors (Lipinski definition) is 0. The van der Waals surface area contributed by atoms with Crippen molar-refractivity contribution in [3.63, 3.8) is 0 Å². The van der Waals surface area contributed by atoms with Gasteiger partial charge in [0.25, 0.3) is 5.91 Å². The van der Waals surface area contributed by atoms with E-state index < -0.39 is 0 Å². The van der Waals surface area contributed by atoms with Crippen LogP contribution >= 0.6 is 22.9 Å². The van der Waals surface area contributed by atoms with E-state index in [0.29, 0.717) is 12.1 Å². The molecule has 1 aliphatic rings. The van der Waals surface area contributed by atoms with Crippen LogP contribution in [0.2, 0.25) is 5.15 Å². The predicted molar refractivity (Wildman–Crippen MR) is 72.0 cm³/mol.